The smallest absolute Gasteiger partial charge is 0.179 e. The fourth-order valence-corrected chi connectivity index (χ4v) is 3.30. The van der Waals surface area contributed by atoms with E-state index in [4.69, 9.17) is 0 Å². The molecule has 0 bridgehead atoms. The zero-order valence-electron chi connectivity index (χ0n) is 13.0. The summed E-state index contributed by atoms with van der Waals surface area (Å²) in [6, 6.07) is 9.80. The van der Waals surface area contributed by atoms with Crippen molar-refractivity contribution in [1.82, 2.24) is 4.90 Å². The van der Waals surface area contributed by atoms with Crippen LogP contribution in [0.4, 0.5) is 0 Å². The molecule has 1 aliphatic rings. The molecule has 1 aromatic carbocycles. The maximum absolute atomic E-state index is 12.6. The Bertz CT molecular complexity index is 418. The van der Waals surface area contributed by atoms with E-state index in [0.717, 1.165) is 36.9 Å². The Hall–Kier alpha value is -1.15. The van der Waals surface area contributed by atoms with E-state index in [2.05, 4.69) is 25.7 Å². The molecule has 1 aromatic rings. The second-order valence-corrected chi connectivity index (χ2v) is 6.27. The van der Waals surface area contributed by atoms with E-state index < -0.39 is 0 Å². The molecule has 1 atom stereocenters. The molecule has 1 unspecified atom stereocenters. The average Bonchev–Trinajstić information content (AvgIpc) is 2.49. The van der Waals surface area contributed by atoms with E-state index in [9.17, 15) is 4.79 Å². The molecule has 20 heavy (non-hydrogen) atoms. The van der Waals surface area contributed by atoms with Crippen LogP contribution in [0.15, 0.2) is 30.3 Å². The molecule has 110 valence electrons. The first-order valence-corrected chi connectivity index (χ1v) is 7.96. The molecule has 2 nitrogen and oxygen atoms in total. The summed E-state index contributed by atoms with van der Waals surface area (Å²) in [5.41, 5.74) is 0.852. The van der Waals surface area contributed by atoms with Crippen molar-refractivity contribution < 1.29 is 4.79 Å². The molecular weight excluding hydrogens is 246 g/mol. The number of ketones is 1. The van der Waals surface area contributed by atoms with Gasteiger partial charge in [0.2, 0.25) is 0 Å². The lowest BCUT2D eigenvalue weighted by atomic mass is 9.85. The molecule has 2 rings (SSSR count). The Morgan fingerprint density at radius 1 is 1.20 bits per heavy atom. The third-order valence-corrected chi connectivity index (χ3v) is 4.71. The van der Waals surface area contributed by atoms with Crippen LogP contribution < -0.4 is 0 Å². The second-order valence-electron chi connectivity index (χ2n) is 6.27. The number of carbonyl (C=O) groups is 1. The number of carbonyl (C=O) groups excluding carboxylic acids is 1. The van der Waals surface area contributed by atoms with Crippen molar-refractivity contribution in [2.24, 2.45) is 11.8 Å². The van der Waals surface area contributed by atoms with Gasteiger partial charge in [0.15, 0.2) is 5.78 Å². The summed E-state index contributed by atoms with van der Waals surface area (Å²) in [7, 11) is 0. The first kappa shape index (κ1) is 15.2. The topological polar surface area (TPSA) is 20.3 Å². The summed E-state index contributed by atoms with van der Waals surface area (Å²) in [6.45, 7) is 8.89. The first-order chi connectivity index (χ1) is 9.63. The molecule has 0 amide bonds. The van der Waals surface area contributed by atoms with E-state index in [0.29, 0.717) is 0 Å². The van der Waals surface area contributed by atoms with Crippen molar-refractivity contribution in [3.8, 4) is 0 Å². The molecule has 1 fully saturated rings. The van der Waals surface area contributed by atoms with Gasteiger partial charge < -0.3 is 0 Å². The number of nitrogens with zero attached hydrogens (tertiary/aromatic N) is 1. The Morgan fingerprint density at radius 2 is 1.80 bits per heavy atom. The van der Waals surface area contributed by atoms with Crippen LogP contribution in [0.2, 0.25) is 0 Å². The lowest BCUT2D eigenvalue weighted by molar-refractivity contribution is 0.0703. The number of rotatable bonds is 5. The number of Topliss-reactive ketones (excluding diaryl/α,β-unsaturated/α-hetero) is 1. The summed E-state index contributed by atoms with van der Waals surface area (Å²) in [5.74, 6) is 1.88. The van der Waals surface area contributed by atoms with Gasteiger partial charge in [0, 0.05) is 5.56 Å². The normalized spacial score (nSPS) is 19.2. The molecule has 0 spiro atoms. The van der Waals surface area contributed by atoms with Crippen molar-refractivity contribution >= 4 is 5.78 Å². The summed E-state index contributed by atoms with van der Waals surface area (Å²) < 4.78 is 0. The molecule has 1 aliphatic heterocycles. The lowest BCUT2D eigenvalue weighted by Crippen LogP contribution is -2.46. The fourth-order valence-electron chi connectivity index (χ4n) is 3.30. The molecular formula is C18H27NO. The molecule has 0 N–H and O–H groups in total. The lowest BCUT2D eigenvalue weighted by Gasteiger charge is -2.37. The summed E-state index contributed by atoms with van der Waals surface area (Å²) in [4.78, 5) is 15.0. The van der Waals surface area contributed by atoms with Gasteiger partial charge >= 0.3 is 0 Å². The van der Waals surface area contributed by atoms with E-state index in [-0.39, 0.29) is 11.8 Å². The Kier molecular flexibility index (Phi) is 5.36. The predicted molar refractivity (Wildman–Crippen MR) is 84.0 cm³/mol. The van der Waals surface area contributed by atoms with Gasteiger partial charge in [-0.1, -0.05) is 51.1 Å². The standard InChI is InChI=1S/C18H27NO/c1-4-17(18(20)16-8-6-5-7-9-16)19-12-10-15(11-13-19)14(2)3/h5-9,14-15,17H,4,10-13H2,1-3H3. The summed E-state index contributed by atoms with van der Waals surface area (Å²) in [5, 5.41) is 0. The molecule has 0 saturated carbocycles. The van der Waals surface area contributed by atoms with Crippen LogP contribution in [0.3, 0.4) is 0 Å². The fraction of sp³-hybridized carbons (Fsp3) is 0.611. The Labute approximate surface area is 123 Å². The third-order valence-electron chi connectivity index (χ3n) is 4.71. The Morgan fingerprint density at radius 3 is 2.30 bits per heavy atom. The van der Waals surface area contributed by atoms with Crippen molar-refractivity contribution in [2.75, 3.05) is 13.1 Å². The quantitative estimate of drug-likeness (QED) is 0.755. The van der Waals surface area contributed by atoms with Gasteiger partial charge in [-0.2, -0.15) is 0 Å². The van der Waals surface area contributed by atoms with E-state index in [1.165, 1.54) is 12.8 Å². The van der Waals surface area contributed by atoms with Crippen LogP contribution in [-0.2, 0) is 0 Å². The van der Waals surface area contributed by atoms with Crippen molar-refractivity contribution in [3.05, 3.63) is 35.9 Å². The van der Waals surface area contributed by atoms with Crippen LogP contribution in [-0.4, -0.2) is 29.8 Å². The van der Waals surface area contributed by atoms with E-state index >= 15 is 0 Å². The van der Waals surface area contributed by atoms with Crippen LogP contribution in [0, 0.1) is 11.8 Å². The van der Waals surface area contributed by atoms with Crippen molar-refractivity contribution in [3.63, 3.8) is 0 Å². The molecule has 1 saturated heterocycles. The van der Waals surface area contributed by atoms with Crippen molar-refractivity contribution in [2.45, 2.75) is 46.1 Å². The number of hydrogen-bond acceptors (Lipinski definition) is 2. The minimum absolute atomic E-state index is 0.0607. The van der Waals surface area contributed by atoms with Gasteiger partial charge in [-0.25, -0.2) is 0 Å². The zero-order valence-corrected chi connectivity index (χ0v) is 13.0. The van der Waals surface area contributed by atoms with Gasteiger partial charge in [-0.05, 0) is 44.2 Å². The zero-order chi connectivity index (χ0) is 14.5. The second kappa shape index (κ2) is 7.03. The van der Waals surface area contributed by atoms with Gasteiger partial charge in [0.05, 0.1) is 6.04 Å². The number of likely N-dealkylation sites (tertiary alicyclic amines) is 1. The largest absolute Gasteiger partial charge is 0.293 e. The first-order valence-electron chi connectivity index (χ1n) is 7.96. The minimum Gasteiger partial charge on any atom is -0.293 e. The monoisotopic (exact) mass is 273 g/mol. The maximum Gasteiger partial charge on any atom is 0.179 e. The van der Waals surface area contributed by atoms with E-state index in [1.54, 1.807) is 0 Å². The van der Waals surface area contributed by atoms with Crippen molar-refractivity contribution in [1.29, 1.82) is 0 Å². The molecule has 0 aromatic heterocycles. The number of hydrogen-bond donors (Lipinski definition) is 0. The molecule has 1 heterocycles. The minimum atomic E-state index is 0.0607. The van der Waals surface area contributed by atoms with Gasteiger partial charge in [0.1, 0.15) is 0 Å². The van der Waals surface area contributed by atoms with Crippen LogP contribution in [0.5, 0.6) is 0 Å². The van der Waals surface area contributed by atoms with Gasteiger partial charge in [-0.15, -0.1) is 0 Å². The third kappa shape index (κ3) is 3.49. The van der Waals surface area contributed by atoms with Gasteiger partial charge in [-0.3, -0.25) is 9.69 Å². The molecule has 0 aliphatic carbocycles. The maximum atomic E-state index is 12.6. The number of benzene rings is 1. The van der Waals surface area contributed by atoms with Gasteiger partial charge in [0.25, 0.3) is 0 Å². The summed E-state index contributed by atoms with van der Waals surface area (Å²) in [6.07, 6.45) is 3.37. The Balaban J connectivity index is 2.01. The van der Waals surface area contributed by atoms with Crippen LogP contribution >= 0.6 is 0 Å². The highest BCUT2D eigenvalue weighted by molar-refractivity contribution is 6.00. The van der Waals surface area contributed by atoms with E-state index in [1.807, 2.05) is 30.3 Å². The number of piperidine rings is 1. The highest BCUT2D eigenvalue weighted by Crippen LogP contribution is 2.26. The molecule has 2 heteroatoms. The predicted octanol–water partition coefficient (Wildman–Crippen LogP) is 4.02. The highest BCUT2D eigenvalue weighted by Gasteiger charge is 2.29. The van der Waals surface area contributed by atoms with Crippen LogP contribution in [0.1, 0.15) is 50.4 Å². The SMILES string of the molecule is CCC(C(=O)c1ccccc1)N1CCC(C(C)C)CC1. The molecule has 0 radical (unpaired) electrons. The van der Waals surface area contributed by atoms with Crippen LogP contribution in [0.25, 0.3) is 0 Å². The summed E-state index contributed by atoms with van der Waals surface area (Å²) >= 11 is 0. The average molecular weight is 273 g/mol. The highest BCUT2D eigenvalue weighted by atomic mass is 16.1.